The average molecular weight is 703 g/mol. The van der Waals surface area contributed by atoms with Crippen molar-refractivity contribution in [3.8, 4) is 67.5 Å². The molecule has 0 heterocycles. The molecule has 8 aromatic carbocycles. The number of rotatable bonds is 6. The van der Waals surface area contributed by atoms with E-state index in [1.807, 2.05) is 0 Å². The Bertz CT molecular complexity index is 3290. The molecule has 8 rings (SSSR count). The molecule has 0 fully saturated rings. The molecule has 0 bridgehead atoms. The minimum Gasteiger partial charge on any atom is -0.507 e. The third kappa shape index (κ3) is 6.27. The molecular weight excluding hydrogens is 654 g/mol. The van der Waals surface area contributed by atoms with Gasteiger partial charge in [0.25, 0.3) is 0 Å². The lowest BCUT2D eigenvalue weighted by Gasteiger charge is -2.16. The molecule has 0 aliphatic heterocycles. The van der Waals surface area contributed by atoms with Gasteiger partial charge in [-0.2, -0.15) is 0 Å². The minimum atomic E-state index is -0.969. The van der Waals surface area contributed by atoms with Crippen molar-refractivity contribution in [1.29, 1.82) is 0 Å². The van der Waals surface area contributed by atoms with Gasteiger partial charge in [-0.15, -0.1) is 0 Å². The standard InChI is InChI=1S/C24H19FO2.C22H15FO2/c1-26-21-14-7-15-22(27-2)23(21)20-13-6-12-19(24(20)25)18-11-5-9-16-8-3-4-10-17(16)18;23-22-17(16-9-3-7-14-6-1-2-8-15(14)16)10-4-11-18(22)21-19(24)12-5-13-20(21)25/h3-15H,1-2H3;1-13,24-25H/i3D,4D,5D,8D,9D,10D,11D;1D,2D,3D,6D,7D,8D,9D. The Morgan fingerprint density at radius 3 is 1.31 bits per heavy atom. The normalized spacial score (nSPS) is 14.6. The number of ether oxygens (including phenoxy) is 2. The fraction of sp³-hybridized carbons (Fsp3) is 0.0435. The van der Waals surface area contributed by atoms with Gasteiger partial charge < -0.3 is 19.7 Å². The predicted molar refractivity (Wildman–Crippen MR) is 206 cm³/mol. The van der Waals surface area contributed by atoms with E-state index < -0.39 is 96.2 Å². The van der Waals surface area contributed by atoms with Gasteiger partial charge in [0.15, 0.2) is 0 Å². The molecule has 4 nitrogen and oxygen atoms in total. The van der Waals surface area contributed by atoms with Crippen molar-refractivity contribution in [2.75, 3.05) is 14.2 Å². The van der Waals surface area contributed by atoms with Crippen molar-refractivity contribution < 1.29 is 47.7 Å². The van der Waals surface area contributed by atoms with Crippen molar-refractivity contribution in [2.45, 2.75) is 0 Å². The van der Waals surface area contributed by atoms with Gasteiger partial charge in [-0.05, 0) is 56.9 Å². The fourth-order valence-electron chi connectivity index (χ4n) is 5.79. The van der Waals surface area contributed by atoms with Gasteiger partial charge in [0, 0.05) is 22.3 Å². The van der Waals surface area contributed by atoms with Gasteiger partial charge in [-0.1, -0.05) is 133 Å². The molecular formula is C46H34F2O4. The maximum atomic E-state index is 16.1. The van der Waals surface area contributed by atoms with Crippen LogP contribution in [0.15, 0.2) is 157 Å². The Hall–Kier alpha value is -6.66. The summed E-state index contributed by atoms with van der Waals surface area (Å²) in [6, 6.07) is 9.41. The van der Waals surface area contributed by atoms with E-state index in [1.54, 1.807) is 18.2 Å². The second-order valence-corrected chi connectivity index (χ2v) is 11.0. The van der Waals surface area contributed by atoms with E-state index in [-0.39, 0.29) is 72.0 Å². The Balaban J connectivity index is 0.000000197. The van der Waals surface area contributed by atoms with Gasteiger partial charge in [0.05, 0.1) is 44.5 Å². The summed E-state index contributed by atoms with van der Waals surface area (Å²) in [7, 11) is 2.87. The van der Waals surface area contributed by atoms with Gasteiger partial charge in [-0.3, -0.25) is 0 Å². The molecule has 0 aliphatic rings. The third-order valence-corrected chi connectivity index (χ3v) is 8.15. The van der Waals surface area contributed by atoms with Crippen LogP contribution in [0.2, 0.25) is 0 Å². The average Bonchev–Trinajstić information content (AvgIpc) is 3.30. The lowest BCUT2D eigenvalue weighted by atomic mass is 9.94. The second-order valence-electron chi connectivity index (χ2n) is 11.0. The van der Waals surface area contributed by atoms with Crippen LogP contribution in [0.4, 0.5) is 8.78 Å². The molecule has 256 valence electrons. The summed E-state index contributed by atoms with van der Waals surface area (Å²) in [6.45, 7) is 0. The van der Waals surface area contributed by atoms with Crippen LogP contribution in [-0.4, -0.2) is 24.4 Å². The minimum absolute atomic E-state index is 0.0849. The van der Waals surface area contributed by atoms with Crippen LogP contribution < -0.4 is 9.47 Å². The highest BCUT2D eigenvalue weighted by atomic mass is 19.1. The number of phenolic OH excluding ortho intramolecular Hbond substituents is 2. The van der Waals surface area contributed by atoms with E-state index >= 15 is 8.78 Å². The highest BCUT2D eigenvalue weighted by Gasteiger charge is 2.20. The molecule has 0 saturated heterocycles. The quantitative estimate of drug-likeness (QED) is 0.181. The predicted octanol–water partition coefficient (Wildman–Crippen LogP) is 12.1. The zero-order valence-corrected chi connectivity index (χ0v) is 27.4. The molecule has 0 amide bonds. The van der Waals surface area contributed by atoms with Crippen LogP contribution in [0, 0.1) is 11.6 Å². The first-order chi connectivity index (χ1) is 31.2. The van der Waals surface area contributed by atoms with Gasteiger partial charge >= 0.3 is 0 Å². The SMILES string of the molecule is [2H]c1c([2H])c([2H])c2c(-c3cccc(-c4c(O)cccc4O)c3F)c([2H])c([2H])c([2H])c2c1[2H].[2H]c1c([2H])c([2H])c2c(-c3cccc(-c4c(OC)cccc4OC)c3F)c([2H])c([2H])c([2H])c2c1[2H]. The van der Waals surface area contributed by atoms with E-state index in [1.165, 1.54) is 68.8 Å². The summed E-state index contributed by atoms with van der Waals surface area (Å²) >= 11 is 0. The van der Waals surface area contributed by atoms with E-state index in [0.717, 1.165) is 0 Å². The van der Waals surface area contributed by atoms with Crippen molar-refractivity contribution >= 4 is 21.5 Å². The molecule has 0 atom stereocenters. The smallest absolute Gasteiger partial charge is 0.139 e. The highest BCUT2D eigenvalue weighted by molar-refractivity contribution is 5.99. The van der Waals surface area contributed by atoms with Crippen LogP contribution in [-0.2, 0) is 0 Å². The summed E-state index contributed by atoms with van der Waals surface area (Å²) in [4.78, 5) is 0. The third-order valence-electron chi connectivity index (χ3n) is 8.15. The highest BCUT2D eigenvalue weighted by Crippen LogP contribution is 2.43. The summed E-state index contributed by atoms with van der Waals surface area (Å²) in [5, 5.41) is 19.4. The van der Waals surface area contributed by atoms with E-state index in [2.05, 4.69) is 0 Å². The molecule has 0 radical (unpaired) electrons. The molecule has 8 aromatic rings. The Labute approximate surface area is 320 Å². The molecule has 0 spiro atoms. The molecule has 0 aliphatic carbocycles. The zero-order chi connectivity index (χ0) is 48.4. The largest absolute Gasteiger partial charge is 0.507 e. The van der Waals surface area contributed by atoms with Gasteiger partial charge in [0.1, 0.15) is 34.6 Å². The van der Waals surface area contributed by atoms with Gasteiger partial charge in [-0.25, -0.2) is 8.78 Å². The number of halogens is 2. The Morgan fingerprint density at radius 1 is 0.442 bits per heavy atom. The summed E-state index contributed by atoms with van der Waals surface area (Å²) < 4.78 is 157. The van der Waals surface area contributed by atoms with E-state index in [0.29, 0.717) is 17.1 Å². The maximum Gasteiger partial charge on any atom is 0.139 e. The number of aromatic hydroxyl groups is 2. The fourth-order valence-corrected chi connectivity index (χ4v) is 5.79. The van der Waals surface area contributed by atoms with Crippen LogP contribution in [0.5, 0.6) is 23.0 Å². The zero-order valence-electron chi connectivity index (χ0n) is 41.4. The summed E-state index contributed by atoms with van der Waals surface area (Å²) in [5.41, 5.74) is -0.841. The first-order valence-corrected chi connectivity index (χ1v) is 15.5. The van der Waals surface area contributed by atoms with E-state index in [9.17, 15) is 10.2 Å². The lowest BCUT2D eigenvalue weighted by Crippen LogP contribution is -1.96. The number of phenols is 2. The summed E-state index contributed by atoms with van der Waals surface area (Å²) in [5.74, 6) is -1.84. The maximum absolute atomic E-state index is 16.1. The lowest BCUT2D eigenvalue weighted by molar-refractivity contribution is 0.397. The van der Waals surface area contributed by atoms with E-state index in [4.69, 9.17) is 28.7 Å². The topological polar surface area (TPSA) is 58.9 Å². The molecule has 0 aromatic heterocycles. The van der Waals surface area contributed by atoms with Crippen LogP contribution >= 0.6 is 0 Å². The molecule has 0 saturated carbocycles. The number of fused-ring (bicyclic) bond motifs is 2. The number of hydrogen-bond acceptors (Lipinski definition) is 4. The monoisotopic (exact) mass is 702 g/mol. The Kier molecular flexibility index (Phi) is 5.89. The van der Waals surface area contributed by atoms with Crippen molar-refractivity contribution in [2.24, 2.45) is 0 Å². The van der Waals surface area contributed by atoms with Crippen molar-refractivity contribution in [3.05, 3.63) is 169 Å². The molecule has 2 N–H and O–H groups in total. The van der Waals surface area contributed by atoms with Crippen LogP contribution in [0.25, 0.3) is 66.1 Å². The Morgan fingerprint density at radius 2 is 0.827 bits per heavy atom. The summed E-state index contributed by atoms with van der Waals surface area (Å²) in [6.07, 6.45) is 0. The first-order valence-electron chi connectivity index (χ1n) is 22.5. The molecule has 0 unspecified atom stereocenters. The van der Waals surface area contributed by atoms with Crippen molar-refractivity contribution in [1.82, 2.24) is 0 Å². The molecule has 6 heteroatoms. The van der Waals surface area contributed by atoms with Crippen molar-refractivity contribution in [3.63, 3.8) is 0 Å². The van der Waals surface area contributed by atoms with Crippen LogP contribution in [0.3, 0.4) is 0 Å². The molecule has 52 heavy (non-hydrogen) atoms. The van der Waals surface area contributed by atoms with Crippen LogP contribution in [0.1, 0.15) is 19.2 Å². The van der Waals surface area contributed by atoms with Gasteiger partial charge in [0.2, 0.25) is 0 Å². The first kappa shape index (κ1) is 20.9. The number of hydrogen-bond donors (Lipinski definition) is 2. The number of benzene rings is 8. The number of methoxy groups -OCH3 is 2. The second kappa shape index (κ2) is 14.7.